The molecule has 60 valence electrons. The molecule has 0 radical (unpaired) electrons. The Bertz CT molecular complexity index is 218. The van der Waals surface area contributed by atoms with Gasteiger partial charge in [-0.05, 0) is 0 Å². The molecule has 0 unspecified atom stereocenters. The van der Waals surface area contributed by atoms with E-state index in [1.54, 1.807) is 0 Å². The van der Waals surface area contributed by atoms with E-state index in [2.05, 4.69) is 31.2 Å². The van der Waals surface area contributed by atoms with E-state index in [9.17, 15) is 0 Å². The minimum atomic E-state index is -0.231. The summed E-state index contributed by atoms with van der Waals surface area (Å²) in [5.74, 6) is 0. The maximum absolute atomic E-state index is 5.65. The molecule has 0 aliphatic carbocycles. The molecule has 0 aliphatic heterocycles. The van der Waals surface area contributed by atoms with Crippen molar-refractivity contribution in [3.8, 4) is 0 Å². The van der Waals surface area contributed by atoms with Gasteiger partial charge in [-0.2, -0.15) is 0 Å². The summed E-state index contributed by atoms with van der Waals surface area (Å²) < 4.78 is 1.02. The van der Waals surface area contributed by atoms with E-state index in [4.69, 9.17) is 23.2 Å². The molecule has 0 amide bonds. The summed E-state index contributed by atoms with van der Waals surface area (Å²) in [5.41, 5.74) is 1.27. The molecule has 1 aromatic carbocycles. The second kappa shape index (κ2) is 4.37. The molecule has 0 aliphatic rings. The zero-order valence-electron chi connectivity index (χ0n) is 6.05. The molecule has 1 aromatic rings. The molecule has 0 atom stereocenters. The summed E-state index contributed by atoms with van der Waals surface area (Å²) in [7, 11) is 0. The van der Waals surface area contributed by atoms with Gasteiger partial charge in [0.15, 0.2) is 0 Å². The van der Waals surface area contributed by atoms with Crippen LogP contribution in [-0.2, 0) is 0 Å². The van der Waals surface area contributed by atoms with Gasteiger partial charge in [-0.25, -0.2) is 0 Å². The molecular weight excluding hydrogens is 246 g/mol. The fourth-order valence-corrected chi connectivity index (χ4v) is 2.84. The van der Waals surface area contributed by atoms with Crippen LogP contribution in [0.3, 0.4) is 0 Å². The summed E-state index contributed by atoms with van der Waals surface area (Å²) in [4.78, 5) is 0. The van der Waals surface area contributed by atoms with Gasteiger partial charge < -0.3 is 0 Å². The van der Waals surface area contributed by atoms with Gasteiger partial charge in [0, 0.05) is 0 Å². The molecule has 0 aromatic heterocycles. The van der Waals surface area contributed by atoms with Crippen LogP contribution in [0.2, 0.25) is 0 Å². The quantitative estimate of drug-likeness (QED) is 0.560. The van der Waals surface area contributed by atoms with Crippen molar-refractivity contribution in [3.05, 3.63) is 29.8 Å². The molecule has 0 nitrogen and oxygen atoms in total. The van der Waals surface area contributed by atoms with Gasteiger partial charge in [0.2, 0.25) is 0 Å². The molecule has 0 heterocycles. The van der Waals surface area contributed by atoms with E-state index in [-0.39, 0.29) is 18.7 Å². The molecule has 11 heavy (non-hydrogen) atoms. The molecule has 3 heteroatoms. The molecule has 1 rings (SSSR count). The van der Waals surface area contributed by atoms with Gasteiger partial charge in [-0.1, -0.05) is 0 Å². The van der Waals surface area contributed by atoms with Gasteiger partial charge in [0.05, 0.1) is 0 Å². The van der Waals surface area contributed by atoms with Crippen molar-refractivity contribution in [1.29, 1.82) is 0 Å². The van der Waals surface area contributed by atoms with E-state index >= 15 is 0 Å². The van der Waals surface area contributed by atoms with Crippen molar-refractivity contribution >= 4 is 42.6 Å². The number of alkyl halides is 2. The SMILES string of the molecule is Cc1ccc([Se]C(Cl)Cl)cc1. The van der Waals surface area contributed by atoms with Crippen LogP contribution >= 0.6 is 23.2 Å². The van der Waals surface area contributed by atoms with Crippen molar-refractivity contribution in [1.82, 2.24) is 0 Å². The van der Waals surface area contributed by atoms with Crippen LogP contribution in [-0.4, -0.2) is 18.7 Å². The average molecular weight is 254 g/mol. The molecular formula is C8H8Cl2Se. The van der Waals surface area contributed by atoms with Crippen LogP contribution < -0.4 is 4.46 Å². The predicted molar refractivity (Wildman–Crippen MR) is 52.1 cm³/mol. The Hall–Kier alpha value is 0.319. The Morgan fingerprint density at radius 1 is 1.18 bits per heavy atom. The summed E-state index contributed by atoms with van der Waals surface area (Å²) in [6, 6.07) is 8.31. The van der Waals surface area contributed by atoms with E-state index < -0.39 is 0 Å². The first-order valence-corrected chi connectivity index (χ1v) is 5.92. The maximum atomic E-state index is 5.65. The number of rotatable bonds is 2. The molecule has 0 fully saturated rings. The standard InChI is InChI=1S/C8H8Cl2Se/c1-6-2-4-7(5-3-6)11-8(9)10/h2-5,8H,1H3. The first-order valence-electron chi connectivity index (χ1n) is 3.20. The van der Waals surface area contributed by atoms with Crippen LogP contribution in [0.1, 0.15) is 5.56 Å². The van der Waals surface area contributed by atoms with Crippen LogP contribution in [0.15, 0.2) is 24.3 Å². The molecule has 0 N–H and O–H groups in total. The van der Waals surface area contributed by atoms with Crippen LogP contribution in [0, 0.1) is 6.92 Å². The minimum absolute atomic E-state index is 0.191. The summed E-state index contributed by atoms with van der Waals surface area (Å²) in [6.45, 7) is 2.07. The van der Waals surface area contributed by atoms with Crippen molar-refractivity contribution in [2.75, 3.05) is 0 Å². The Morgan fingerprint density at radius 2 is 1.73 bits per heavy atom. The summed E-state index contributed by atoms with van der Waals surface area (Å²) in [6.07, 6.45) is 0. The van der Waals surface area contributed by atoms with Crippen LogP contribution in [0.25, 0.3) is 0 Å². The average Bonchev–Trinajstić information content (AvgIpc) is 1.93. The van der Waals surface area contributed by atoms with Crippen LogP contribution in [0.5, 0.6) is 0 Å². The number of benzene rings is 1. The fourth-order valence-electron chi connectivity index (χ4n) is 0.720. The van der Waals surface area contributed by atoms with Gasteiger partial charge in [0.1, 0.15) is 0 Å². The third-order valence-corrected chi connectivity index (χ3v) is 3.69. The Labute approximate surface area is 83.0 Å². The number of hydrogen-bond acceptors (Lipinski definition) is 0. The van der Waals surface area contributed by atoms with E-state index in [1.165, 1.54) is 10.0 Å². The molecule has 0 bridgehead atoms. The normalized spacial score (nSPS) is 10.5. The zero-order valence-corrected chi connectivity index (χ0v) is 9.28. The van der Waals surface area contributed by atoms with Crippen molar-refractivity contribution in [2.45, 2.75) is 10.7 Å². The Kier molecular flexibility index (Phi) is 3.74. The van der Waals surface area contributed by atoms with Gasteiger partial charge in [-0.3, -0.25) is 0 Å². The van der Waals surface area contributed by atoms with Crippen molar-refractivity contribution < 1.29 is 0 Å². The number of hydrogen-bond donors (Lipinski definition) is 0. The second-order valence-electron chi connectivity index (χ2n) is 2.19. The molecule has 0 saturated heterocycles. The number of aryl methyl sites for hydroxylation is 1. The fraction of sp³-hybridized carbons (Fsp3) is 0.250. The van der Waals surface area contributed by atoms with Gasteiger partial charge >= 0.3 is 83.1 Å². The third kappa shape index (κ3) is 3.48. The first kappa shape index (κ1) is 9.41. The Balaban J connectivity index is 2.66. The predicted octanol–water partition coefficient (Wildman–Crippen LogP) is 2.09. The zero-order chi connectivity index (χ0) is 8.27. The van der Waals surface area contributed by atoms with Gasteiger partial charge in [0.25, 0.3) is 0 Å². The molecule has 0 spiro atoms. The topological polar surface area (TPSA) is 0 Å². The van der Waals surface area contributed by atoms with Gasteiger partial charge in [-0.15, -0.1) is 0 Å². The summed E-state index contributed by atoms with van der Waals surface area (Å²) >= 11 is 11.5. The van der Waals surface area contributed by atoms with E-state index in [0.29, 0.717) is 0 Å². The van der Waals surface area contributed by atoms with Crippen LogP contribution in [0.4, 0.5) is 0 Å². The monoisotopic (exact) mass is 254 g/mol. The second-order valence-corrected chi connectivity index (χ2v) is 6.93. The number of halogens is 2. The third-order valence-electron chi connectivity index (χ3n) is 1.25. The van der Waals surface area contributed by atoms with E-state index in [1.807, 2.05) is 0 Å². The van der Waals surface area contributed by atoms with E-state index in [0.717, 1.165) is 0 Å². The first-order chi connectivity index (χ1) is 5.18. The Morgan fingerprint density at radius 3 is 2.18 bits per heavy atom. The van der Waals surface area contributed by atoms with Crippen molar-refractivity contribution in [3.63, 3.8) is 0 Å². The summed E-state index contributed by atoms with van der Waals surface area (Å²) in [5, 5.41) is 0. The van der Waals surface area contributed by atoms with Crippen molar-refractivity contribution in [2.24, 2.45) is 0 Å². The molecule has 0 saturated carbocycles.